The molecule has 2 fully saturated rings. The number of rotatable bonds is 5. The molecular formula is C17H24ClN3O3S. The summed E-state index contributed by atoms with van der Waals surface area (Å²) in [6, 6.07) is 4.97. The molecule has 1 aromatic carbocycles. The van der Waals surface area contributed by atoms with Crippen LogP contribution in [0.15, 0.2) is 18.2 Å². The second-order valence-electron chi connectivity index (χ2n) is 6.28. The molecule has 0 saturated carbocycles. The lowest BCUT2D eigenvalue weighted by molar-refractivity contribution is -0.0123. The molecule has 1 unspecified atom stereocenters. The summed E-state index contributed by atoms with van der Waals surface area (Å²) in [6.45, 7) is 4.03. The third-order valence-corrected chi connectivity index (χ3v) is 6.28. The minimum Gasteiger partial charge on any atom is -0.495 e. The first-order valence-corrected chi connectivity index (χ1v) is 9.95. The van der Waals surface area contributed by atoms with Crippen LogP contribution < -0.4 is 15.4 Å². The van der Waals surface area contributed by atoms with Gasteiger partial charge in [-0.1, -0.05) is 11.6 Å². The lowest BCUT2D eigenvalue weighted by Crippen LogP contribution is -2.59. The van der Waals surface area contributed by atoms with E-state index in [1.165, 1.54) is 0 Å². The van der Waals surface area contributed by atoms with Gasteiger partial charge in [-0.05, 0) is 30.4 Å². The van der Waals surface area contributed by atoms with Gasteiger partial charge in [0.25, 0.3) is 0 Å². The molecule has 2 N–H and O–H groups in total. The molecule has 2 heterocycles. The molecule has 8 heteroatoms. The Morgan fingerprint density at radius 3 is 2.88 bits per heavy atom. The molecule has 2 saturated heterocycles. The highest BCUT2D eigenvalue weighted by atomic mass is 35.5. The molecule has 138 valence electrons. The number of morpholine rings is 1. The first-order chi connectivity index (χ1) is 12.1. The van der Waals surface area contributed by atoms with Crippen LogP contribution in [0.25, 0.3) is 0 Å². The van der Waals surface area contributed by atoms with E-state index < -0.39 is 0 Å². The van der Waals surface area contributed by atoms with Gasteiger partial charge in [-0.3, -0.25) is 4.90 Å². The van der Waals surface area contributed by atoms with E-state index >= 15 is 0 Å². The van der Waals surface area contributed by atoms with Crippen molar-refractivity contribution < 1.29 is 14.3 Å². The average Bonchev–Trinajstić information content (AvgIpc) is 3.11. The summed E-state index contributed by atoms with van der Waals surface area (Å²) in [5.74, 6) is 2.76. The van der Waals surface area contributed by atoms with Crippen molar-refractivity contribution in [1.82, 2.24) is 10.2 Å². The van der Waals surface area contributed by atoms with Crippen molar-refractivity contribution in [1.29, 1.82) is 0 Å². The second-order valence-corrected chi connectivity index (χ2v) is 7.80. The molecule has 0 radical (unpaired) electrons. The maximum absolute atomic E-state index is 12.3. The molecule has 1 aromatic rings. The molecule has 0 spiro atoms. The summed E-state index contributed by atoms with van der Waals surface area (Å²) in [6.07, 6.45) is 1.09. The van der Waals surface area contributed by atoms with Crippen LogP contribution in [0.2, 0.25) is 5.02 Å². The molecule has 3 rings (SSSR count). The van der Waals surface area contributed by atoms with Crippen molar-refractivity contribution in [3.63, 3.8) is 0 Å². The van der Waals surface area contributed by atoms with Crippen molar-refractivity contribution in [3.05, 3.63) is 23.2 Å². The maximum Gasteiger partial charge on any atom is 0.319 e. The highest BCUT2D eigenvalue weighted by Crippen LogP contribution is 2.33. The lowest BCUT2D eigenvalue weighted by Gasteiger charge is -2.43. The zero-order valence-electron chi connectivity index (χ0n) is 14.3. The number of amides is 2. The zero-order valence-corrected chi connectivity index (χ0v) is 15.9. The van der Waals surface area contributed by atoms with Gasteiger partial charge in [0.2, 0.25) is 0 Å². The largest absolute Gasteiger partial charge is 0.495 e. The minimum atomic E-state index is -0.217. The molecule has 0 bridgehead atoms. The molecule has 0 aromatic heterocycles. The standard InChI is InChI=1S/C17H24ClN3O3S/c1-23-15-3-2-13(10-14(15)18)20-16(22)19-11-17(4-9-25-12-17)21-5-7-24-8-6-21/h2-3,10H,4-9,11-12H2,1H3,(H2,19,20,22). The van der Waals surface area contributed by atoms with E-state index in [4.69, 9.17) is 21.1 Å². The Bertz CT molecular complexity index is 605. The number of nitrogens with zero attached hydrogens (tertiary/aromatic N) is 1. The summed E-state index contributed by atoms with van der Waals surface area (Å²) in [5.41, 5.74) is 0.674. The van der Waals surface area contributed by atoms with Gasteiger partial charge in [0.15, 0.2) is 0 Å². The smallest absolute Gasteiger partial charge is 0.319 e. The summed E-state index contributed by atoms with van der Waals surface area (Å²) >= 11 is 8.05. The van der Waals surface area contributed by atoms with E-state index in [1.54, 1.807) is 25.3 Å². The van der Waals surface area contributed by atoms with Gasteiger partial charge in [0, 0.05) is 36.6 Å². The molecule has 2 aliphatic heterocycles. The Balaban J connectivity index is 1.57. The number of hydrogen-bond donors (Lipinski definition) is 2. The fourth-order valence-corrected chi connectivity index (χ4v) is 5.03. The quantitative estimate of drug-likeness (QED) is 0.815. The van der Waals surface area contributed by atoms with Crippen molar-refractivity contribution in [2.75, 3.05) is 56.8 Å². The van der Waals surface area contributed by atoms with Crippen LogP contribution in [-0.2, 0) is 4.74 Å². The highest BCUT2D eigenvalue weighted by molar-refractivity contribution is 7.99. The Kier molecular flexibility index (Phi) is 6.33. The van der Waals surface area contributed by atoms with Crippen LogP contribution in [0.1, 0.15) is 6.42 Å². The van der Waals surface area contributed by atoms with Crippen LogP contribution in [0.3, 0.4) is 0 Å². The molecule has 0 aliphatic carbocycles. The maximum atomic E-state index is 12.3. The van der Waals surface area contributed by atoms with Gasteiger partial charge in [-0.2, -0.15) is 11.8 Å². The molecule has 6 nitrogen and oxygen atoms in total. The van der Waals surface area contributed by atoms with Crippen molar-refractivity contribution in [3.8, 4) is 5.75 Å². The van der Waals surface area contributed by atoms with E-state index in [1.807, 2.05) is 11.8 Å². The van der Waals surface area contributed by atoms with Crippen LogP contribution in [-0.4, -0.2) is 67.9 Å². The monoisotopic (exact) mass is 385 g/mol. The zero-order chi connectivity index (χ0) is 17.7. The van der Waals surface area contributed by atoms with E-state index in [2.05, 4.69) is 15.5 Å². The third-order valence-electron chi connectivity index (χ3n) is 4.75. The first kappa shape index (κ1) is 18.6. The van der Waals surface area contributed by atoms with Gasteiger partial charge in [0.05, 0.1) is 25.3 Å². The predicted molar refractivity (Wildman–Crippen MR) is 102 cm³/mol. The number of thioether (sulfide) groups is 1. The molecule has 25 heavy (non-hydrogen) atoms. The second kappa shape index (κ2) is 8.49. The molecule has 1 atom stereocenters. The normalized spacial score (nSPS) is 24.1. The van der Waals surface area contributed by atoms with Gasteiger partial charge in [0.1, 0.15) is 5.75 Å². The van der Waals surface area contributed by atoms with Crippen LogP contribution in [0, 0.1) is 0 Å². The number of carbonyl (C=O) groups excluding carboxylic acids is 1. The predicted octanol–water partition coefficient (Wildman–Crippen LogP) is 2.68. The van der Waals surface area contributed by atoms with Crippen molar-refractivity contribution in [2.45, 2.75) is 12.0 Å². The molecule has 2 amide bonds. The van der Waals surface area contributed by atoms with E-state index in [0.717, 1.165) is 44.2 Å². The number of ether oxygens (including phenoxy) is 2. The highest BCUT2D eigenvalue weighted by Gasteiger charge is 2.40. The molecular weight excluding hydrogens is 362 g/mol. The van der Waals surface area contributed by atoms with E-state index in [9.17, 15) is 4.79 Å². The number of urea groups is 1. The molecule has 2 aliphatic rings. The van der Waals surface area contributed by atoms with Gasteiger partial charge >= 0.3 is 6.03 Å². The summed E-state index contributed by atoms with van der Waals surface area (Å²) in [4.78, 5) is 14.8. The lowest BCUT2D eigenvalue weighted by atomic mass is 9.95. The number of nitrogens with one attached hydrogen (secondary N) is 2. The fourth-order valence-electron chi connectivity index (χ4n) is 3.30. The number of halogens is 1. The Morgan fingerprint density at radius 1 is 1.44 bits per heavy atom. The topological polar surface area (TPSA) is 62.8 Å². The number of anilines is 1. The van der Waals surface area contributed by atoms with Gasteiger partial charge in [-0.25, -0.2) is 4.79 Å². The van der Waals surface area contributed by atoms with Gasteiger partial charge < -0.3 is 20.1 Å². The minimum absolute atomic E-state index is 0.0311. The number of benzene rings is 1. The summed E-state index contributed by atoms with van der Waals surface area (Å²) < 4.78 is 10.6. The Morgan fingerprint density at radius 2 is 2.24 bits per heavy atom. The van der Waals surface area contributed by atoms with Crippen molar-refractivity contribution >= 4 is 35.1 Å². The summed E-state index contributed by atoms with van der Waals surface area (Å²) in [7, 11) is 1.56. The van der Waals surface area contributed by atoms with E-state index in [0.29, 0.717) is 23.0 Å². The number of carbonyl (C=O) groups is 1. The fraction of sp³-hybridized carbons (Fsp3) is 0.588. The third kappa shape index (κ3) is 4.53. The SMILES string of the molecule is COc1ccc(NC(=O)NCC2(N3CCOCC3)CCSC2)cc1Cl. The number of methoxy groups -OCH3 is 1. The summed E-state index contributed by atoms with van der Waals surface area (Å²) in [5, 5.41) is 6.35. The number of hydrogen-bond acceptors (Lipinski definition) is 5. The Hall–Kier alpha value is -1.15. The van der Waals surface area contributed by atoms with E-state index in [-0.39, 0.29) is 11.6 Å². The van der Waals surface area contributed by atoms with Crippen LogP contribution >= 0.6 is 23.4 Å². The van der Waals surface area contributed by atoms with Crippen LogP contribution in [0.5, 0.6) is 5.75 Å². The van der Waals surface area contributed by atoms with Crippen LogP contribution in [0.4, 0.5) is 10.5 Å². The van der Waals surface area contributed by atoms with Crippen molar-refractivity contribution in [2.24, 2.45) is 0 Å². The Labute approximate surface area is 157 Å². The first-order valence-electron chi connectivity index (χ1n) is 8.42. The average molecular weight is 386 g/mol. The van der Waals surface area contributed by atoms with Gasteiger partial charge in [-0.15, -0.1) is 0 Å².